The summed E-state index contributed by atoms with van der Waals surface area (Å²) in [6.07, 6.45) is 8.11. The van der Waals surface area contributed by atoms with Crippen LogP contribution in [-0.4, -0.2) is 25.6 Å². The van der Waals surface area contributed by atoms with Crippen molar-refractivity contribution in [3.8, 4) is 0 Å². The number of hydrogen-bond donors (Lipinski definition) is 1. The Labute approximate surface area is 162 Å². The molecule has 0 bridgehead atoms. The van der Waals surface area contributed by atoms with Gasteiger partial charge in [-0.1, -0.05) is 60.8 Å². The first-order valence-electron chi connectivity index (χ1n) is 8.55. The fraction of sp³-hybridized carbons (Fsp3) is 0.444. The molecule has 1 aromatic heterocycles. The number of nitrogens with zero attached hydrogens (tertiary/aromatic N) is 1. The molecule has 1 amide bonds. The highest BCUT2D eigenvalue weighted by Crippen LogP contribution is 2.35. The van der Waals surface area contributed by atoms with E-state index in [4.69, 9.17) is 11.6 Å². The number of anilines is 1. The molecule has 1 aliphatic carbocycles. The predicted octanol–water partition coefficient (Wildman–Crippen LogP) is 4.50. The molecule has 0 spiro atoms. The monoisotopic (exact) mass is 412 g/mol. The molecule has 0 aliphatic heterocycles. The number of hydrogen-bond acceptors (Lipinski definition) is 5. The lowest BCUT2D eigenvalue weighted by atomic mass is 9.87. The van der Waals surface area contributed by atoms with Crippen molar-refractivity contribution in [3.63, 3.8) is 0 Å². The molecule has 1 atom stereocenters. The van der Waals surface area contributed by atoms with Crippen LogP contribution in [0.2, 0.25) is 4.34 Å². The van der Waals surface area contributed by atoms with Crippen LogP contribution < -0.4 is 5.32 Å². The molecule has 2 aromatic rings. The minimum atomic E-state index is -3.26. The second-order valence-corrected chi connectivity index (χ2v) is 10.4. The van der Waals surface area contributed by atoms with Crippen molar-refractivity contribution in [2.75, 3.05) is 11.6 Å². The zero-order valence-corrected chi connectivity index (χ0v) is 16.8. The van der Waals surface area contributed by atoms with Gasteiger partial charge in [0.15, 0.2) is 15.0 Å². The van der Waals surface area contributed by atoms with Crippen LogP contribution in [0.25, 0.3) is 0 Å². The van der Waals surface area contributed by atoms with Crippen molar-refractivity contribution in [1.82, 2.24) is 4.98 Å². The number of nitrogens with one attached hydrogen (secondary N) is 1. The van der Waals surface area contributed by atoms with E-state index in [2.05, 4.69) is 10.3 Å². The molecule has 1 heterocycles. The van der Waals surface area contributed by atoms with E-state index in [1.165, 1.54) is 36.6 Å². The summed E-state index contributed by atoms with van der Waals surface area (Å²) in [5.41, 5.74) is 0.824. The highest BCUT2D eigenvalue weighted by molar-refractivity contribution is 7.90. The van der Waals surface area contributed by atoms with Gasteiger partial charge in [-0.05, 0) is 30.0 Å². The minimum absolute atomic E-state index is 0.130. The largest absolute Gasteiger partial charge is 0.301 e. The summed E-state index contributed by atoms with van der Waals surface area (Å²) in [6, 6.07) is 6.62. The molecular weight excluding hydrogens is 392 g/mol. The zero-order valence-electron chi connectivity index (χ0n) is 14.4. The summed E-state index contributed by atoms with van der Waals surface area (Å²) < 4.78 is 23.9. The quantitative estimate of drug-likeness (QED) is 0.757. The molecule has 1 aromatic carbocycles. The van der Waals surface area contributed by atoms with Gasteiger partial charge in [-0.2, -0.15) is 0 Å². The molecule has 3 rings (SSSR count). The molecule has 8 heteroatoms. The van der Waals surface area contributed by atoms with Gasteiger partial charge < -0.3 is 5.32 Å². The molecule has 1 fully saturated rings. The molecule has 5 nitrogen and oxygen atoms in total. The third kappa shape index (κ3) is 4.84. The molecule has 26 heavy (non-hydrogen) atoms. The second-order valence-electron chi connectivity index (χ2n) is 6.74. The van der Waals surface area contributed by atoms with Gasteiger partial charge in [0, 0.05) is 6.26 Å². The second kappa shape index (κ2) is 8.06. The molecule has 140 valence electrons. The number of carbonyl (C=O) groups excluding carboxylic acids is 1. The van der Waals surface area contributed by atoms with Crippen molar-refractivity contribution in [1.29, 1.82) is 0 Å². The smallest absolute Gasteiger partial charge is 0.233 e. The van der Waals surface area contributed by atoms with E-state index in [-0.39, 0.29) is 16.7 Å². The molecular formula is C18H21ClN2O3S2. The van der Waals surface area contributed by atoms with Crippen LogP contribution in [0.5, 0.6) is 0 Å². The van der Waals surface area contributed by atoms with Crippen molar-refractivity contribution >= 4 is 43.8 Å². The van der Waals surface area contributed by atoms with Crippen LogP contribution in [0, 0.1) is 5.92 Å². The number of thiazole rings is 1. The third-order valence-corrected chi connectivity index (χ3v) is 6.94. The summed E-state index contributed by atoms with van der Waals surface area (Å²) in [4.78, 5) is 17.2. The van der Waals surface area contributed by atoms with Crippen LogP contribution >= 0.6 is 22.9 Å². The van der Waals surface area contributed by atoms with Gasteiger partial charge in [0.25, 0.3) is 0 Å². The summed E-state index contributed by atoms with van der Waals surface area (Å²) >= 11 is 7.11. The maximum atomic E-state index is 12.9. The Morgan fingerprint density at radius 1 is 1.31 bits per heavy atom. The predicted molar refractivity (Wildman–Crippen MR) is 105 cm³/mol. The van der Waals surface area contributed by atoms with Gasteiger partial charge in [0.2, 0.25) is 5.91 Å². The number of halogens is 1. The number of sulfone groups is 1. The van der Waals surface area contributed by atoms with Crippen molar-refractivity contribution in [3.05, 3.63) is 40.4 Å². The fourth-order valence-electron chi connectivity index (χ4n) is 3.43. The van der Waals surface area contributed by atoms with Crippen molar-refractivity contribution in [2.24, 2.45) is 5.92 Å². The lowest BCUT2D eigenvalue weighted by molar-refractivity contribution is -0.118. The van der Waals surface area contributed by atoms with Gasteiger partial charge in [-0.15, -0.1) is 0 Å². The van der Waals surface area contributed by atoms with Crippen LogP contribution in [0.1, 0.15) is 43.6 Å². The highest BCUT2D eigenvalue weighted by Gasteiger charge is 2.27. The van der Waals surface area contributed by atoms with E-state index in [0.29, 0.717) is 15.4 Å². The number of aromatic nitrogens is 1. The Kier molecular flexibility index (Phi) is 5.99. The standard InChI is InChI=1S/C18H21ClN2O3S2/c1-26(23,24)14-8-6-13(7-9-14)15(10-12-4-2-3-5-12)17(22)21-18-20-11-16(19)25-18/h6-9,11-12,15H,2-5,10H2,1H3,(H,20,21,22)/t15-/m1/s1. The lowest BCUT2D eigenvalue weighted by Gasteiger charge is -2.20. The SMILES string of the molecule is CS(=O)(=O)c1ccc([C@@H](CC2CCCC2)C(=O)Nc2ncc(Cl)s2)cc1. The number of carbonyl (C=O) groups is 1. The van der Waals surface area contributed by atoms with Gasteiger partial charge in [0.1, 0.15) is 4.34 Å². The van der Waals surface area contributed by atoms with E-state index < -0.39 is 9.84 Å². The maximum absolute atomic E-state index is 12.9. The Balaban J connectivity index is 1.83. The Morgan fingerprint density at radius 3 is 2.50 bits per heavy atom. The lowest BCUT2D eigenvalue weighted by Crippen LogP contribution is -2.23. The average molecular weight is 413 g/mol. The topological polar surface area (TPSA) is 76.1 Å². The summed E-state index contributed by atoms with van der Waals surface area (Å²) in [5, 5.41) is 3.32. The summed E-state index contributed by atoms with van der Waals surface area (Å²) in [6.45, 7) is 0. The van der Waals surface area contributed by atoms with E-state index >= 15 is 0 Å². The molecule has 1 N–H and O–H groups in total. The summed E-state index contributed by atoms with van der Waals surface area (Å²) in [7, 11) is -3.26. The first kappa shape index (κ1) is 19.3. The number of rotatable bonds is 6. The fourth-order valence-corrected chi connectivity index (χ4v) is 4.87. The van der Waals surface area contributed by atoms with E-state index in [1.54, 1.807) is 24.3 Å². The van der Waals surface area contributed by atoms with E-state index in [9.17, 15) is 13.2 Å². The zero-order chi connectivity index (χ0) is 18.7. The van der Waals surface area contributed by atoms with Crippen molar-refractivity contribution in [2.45, 2.75) is 42.9 Å². The summed E-state index contributed by atoms with van der Waals surface area (Å²) in [5.74, 6) is 0.0459. The molecule has 0 unspecified atom stereocenters. The van der Waals surface area contributed by atoms with E-state index in [0.717, 1.165) is 24.8 Å². The van der Waals surface area contributed by atoms with Gasteiger partial charge >= 0.3 is 0 Å². The molecule has 0 saturated heterocycles. The first-order valence-corrected chi connectivity index (χ1v) is 11.6. The Bertz CT molecular complexity index is 872. The van der Waals surface area contributed by atoms with Crippen LogP contribution in [0.4, 0.5) is 5.13 Å². The Hall–Kier alpha value is -1.44. The number of benzene rings is 1. The molecule has 1 saturated carbocycles. The van der Waals surface area contributed by atoms with Gasteiger partial charge in [0.05, 0.1) is 17.0 Å². The van der Waals surface area contributed by atoms with Crippen LogP contribution in [-0.2, 0) is 14.6 Å². The number of amides is 1. The van der Waals surface area contributed by atoms with Crippen LogP contribution in [0.15, 0.2) is 35.4 Å². The third-order valence-electron chi connectivity index (χ3n) is 4.78. The highest BCUT2D eigenvalue weighted by atomic mass is 35.5. The average Bonchev–Trinajstić information content (AvgIpc) is 3.23. The molecule has 0 radical (unpaired) electrons. The normalized spacial score (nSPS) is 16.5. The molecule has 1 aliphatic rings. The maximum Gasteiger partial charge on any atom is 0.233 e. The first-order chi connectivity index (χ1) is 12.3. The van der Waals surface area contributed by atoms with Gasteiger partial charge in [-0.25, -0.2) is 13.4 Å². The van der Waals surface area contributed by atoms with Crippen LogP contribution in [0.3, 0.4) is 0 Å². The Morgan fingerprint density at radius 2 is 1.96 bits per heavy atom. The van der Waals surface area contributed by atoms with Gasteiger partial charge in [-0.3, -0.25) is 4.79 Å². The van der Waals surface area contributed by atoms with E-state index in [1.807, 2.05) is 0 Å². The minimum Gasteiger partial charge on any atom is -0.301 e. The van der Waals surface area contributed by atoms with Crippen molar-refractivity contribution < 1.29 is 13.2 Å².